The summed E-state index contributed by atoms with van der Waals surface area (Å²) in [6.07, 6.45) is 0.645. The van der Waals surface area contributed by atoms with Gasteiger partial charge in [-0.2, -0.15) is 9.57 Å². The van der Waals surface area contributed by atoms with Gasteiger partial charge >= 0.3 is 0 Å². The zero-order chi connectivity index (χ0) is 23.9. The molecule has 8 heteroatoms. The third-order valence-corrected chi connectivity index (χ3v) is 8.71. The number of fused-ring (bicyclic) bond motifs is 3. The molecule has 3 aromatic carbocycles. The molecule has 0 aromatic heterocycles. The number of nitrogens with zero attached hydrogens (tertiary/aromatic N) is 2. The van der Waals surface area contributed by atoms with Crippen LogP contribution >= 0.6 is 0 Å². The number of nitriles is 1. The van der Waals surface area contributed by atoms with Crippen molar-refractivity contribution in [1.29, 1.82) is 5.26 Å². The molecule has 7 nitrogen and oxygen atoms in total. The summed E-state index contributed by atoms with van der Waals surface area (Å²) in [6, 6.07) is 21.2. The highest BCUT2D eigenvalue weighted by Gasteiger charge is 2.48. The number of rotatable bonds is 5. The van der Waals surface area contributed by atoms with E-state index in [9.17, 15) is 18.8 Å². The molecule has 2 aliphatic rings. The molecule has 0 aliphatic carbocycles. The van der Waals surface area contributed by atoms with Crippen molar-refractivity contribution in [2.75, 3.05) is 25.6 Å². The van der Waals surface area contributed by atoms with Gasteiger partial charge in [-0.3, -0.25) is 0 Å². The molecule has 1 saturated heterocycles. The van der Waals surface area contributed by atoms with Crippen molar-refractivity contribution >= 4 is 15.7 Å². The highest BCUT2D eigenvalue weighted by molar-refractivity contribution is 7.89. The van der Waals surface area contributed by atoms with Gasteiger partial charge in [-0.05, 0) is 71.6 Å². The topological polar surface area (TPSA) is 103 Å². The van der Waals surface area contributed by atoms with Gasteiger partial charge in [0.2, 0.25) is 10.0 Å². The maximum Gasteiger partial charge on any atom is 0.243 e. The first-order chi connectivity index (χ1) is 16.5. The van der Waals surface area contributed by atoms with Crippen molar-refractivity contribution in [2.45, 2.75) is 23.4 Å². The fourth-order valence-electron chi connectivity index (χ4n) is 5.12. The summed E-state index contributed by atoms with van der Waals surface area (Å²) < 4.78 is 34.1. The van der Waals surface area contributed by atoms with Crippen LogP contribution in [0.4, 0.5) is 5.69 Å². The Morgan fingerprint density at radius 3 is 2.59 bits per heavy atom. The third-order valence-electron chi connectivity index (χ3n) is 6.81. The van der Waals surface area contributed by atoms with Crippen LogP contribution in [-0.4, -0.2) is 44.1 Å². The maximum absolute atomic E-state index is 13.7. The predicted octanol–water partition coefficient (Wildman–Crippen LogP) is 3.77. The van der Waals surface area contributed by atoms with Crippen molar-refractivity contribution in [1.82, 2.24) is 4.31 Å². The average molecular weight is 476 g/mol. The number of aliphatic hydroxyl groups is 1. The number of benzene rings is 3. The number of hydrogen-bond donors (Lipinski definition) is 2. The van der Waals surface area contributed by atoms with E-state index in [2.05, 4.69) is 11.4 Å². The molecule has 0 radical (unpaired) electrons. The van der Waals surface area contributed by atoms with E-state index in [1.54, 1.807) is 41.7 Å². The minimum Gasteiger partial charge on any atom is -0.497 e. The summed E-state index contributed by atoms with van der Waals surface area (Å²) >= 11 is 0. The van der Waals surface area contributed by atoms with E-state index in [0.29, 0.717) is 24.3 Å². The second-order valence-electron chi connectivity index (χ2n) is 8.62. The minimum atomic E-state index is -3.77. The molecular weight excluding hydrogens is 450 g/mol. The summed E-state index contributed by atoms with van der Waals surface area (Å²) in [6.45, 7) is 0.290. The van der Waals surface area contributed by atoms with Gasteiger partial charge in [-0.1, -0.05) is 18.2 Å². The number of sulfonamides is 1. The van der Waals surface area contributed by atoms with Gasteiger partial charge in [0.15, 0.2) is 0 Å². The zero-order valence-electron chi connectivity index (χ0n) is 18.7. The fourth-order valence-corrected chi connectivity index (χ4v) is 6.79. The highest BCUT2D eigenvalue weighted by Crippen LogP contribution is 2.49. The molecule has 5 rings (SSSR count). The molecule has 34 heavy (non-hydrogen) atoms. The first kappa shape index (κ1) is 22.4. The summed E-state index contributed by atoms with van der Waals surface area (Å²) in [7, 11) is -2.23. The molecule has 0 bridgehead atoms. The Labute approximate surface area is 199 Å². The van der Waals surface area contributed by atoms with E-state index in [0.717, 1.165) is 22.4 Å². The van der Waals surface area contributed by atoms with Crippen molar-refractivity contribution in [2.24, 2.45) is 5.92 Å². The molecule has 0 unspecified atom stereocenters. The standard InChI is InChI=1S/C26H25N3O4S/c1-33-20-6-8-21(9-7-20)34(31,32)29-12-11-22-25(16-30)28-24-10-5-19(14-23(24)26(22)29)18-4-2-3-17(13-18)15-27/h2-10,13-14,22,25-26,28,30H,11-12,16H2,1H3/t22-,25+,26-/m1/s1. The lowest BCUT2D eigenvalue weighted by Gasteiger charge is -2.39. The molecule has 3 atom stereocenters. The van der Waals surface area contributed by atoms with E-state index in [1.165, 1.54) is 0 Å². The Morgan fingerprint density at radius 2 is 1.88 bits per heavy atom. The summed E-state index contributed by atoms with van der Waals surface area (Å²) in [5.41, 5.74) is 4.07. The number of nitrogens with one attached hydrogen (secondary N) is 1. The van der Waals surface area contributed by atoms with Crippen LogP contribution in [0.2, 0.25) is 0 Å². The van der Waals surface area contributed by atoms with Crippen molar-refractivity contribution in [3.8, 4) is 22.9 Å². The highest BCUT2D eigenvalue weighted by atomic mass is 32.2. The lowest BCUT2D eigenvalue weighted by molar-refractivity contribution is 0.210. The predicted molar refractivity (Wildman–Crippen MR) is 129 cm³/mol. The number of methoxy groups -OCH3 is 1. The molecule has 2 aliphatic heterocycles. The van der Waals surface area contributed by atoms with E-state index >= 15 is 0 Å². The number of ether oxygens (including phenoxy) is 1. The Kier molecular flexibility index (Phi) is 5.78. The van der Waals surface area contributed by atoms with Crippen LogP contribution in [0.3, 0.4) is 0 Å². The van der Waals surface area contributed by atoms with Gasteiger partial charge in [0.1, 0.15) is 5.75 Å². The van der Waals surface area contributed by atoms with E-state index < -0.39 is 16.1 Å². The third kappa shape index (κ3) is 3.72. The molecule has 2 heterocycles. The Balaban J connectivity index is 1.59. The van der Waals surface area contributed by atoms with Gasteiger partial charge in [0.25, 0.3) is 0 Å². The van der Waals surface area contributed by atoms with Gasteiger partial charge in [0, 0.05) is 18.2 Å². The summed E-state index contributed by atoms with van der Waals surface area (Å²) in [4.78, 5) is 0.215. The second kappa shape index (κ2) is 8.76. The summed E-state index contributed by atoms with van der Waals surface area (Å²) in [5, 5.41) is 22.7. The molecule has 2 N–H and O–H groups in total. The normalized spacial score (nSPS) is 21.7. The zero-order valence-corrected chi connectivity index (χ0v) is 19.5. The van der Waals surface area contributed by atoms with Crippen molar-refractivity contribution in [3.63, 3.8) is 0 Å². The smallest absolute Gasteiger partial charge is 0.243 e. The maximum atomic E-state index is 13.7. The van der Waals surface area contributed by atoms with Gasteiger partial charge in [0.05, 0.1) is 42.3 Å². The summed E-state index contributed by atoms with van der Waals surface area (Å²) in [5.74, 6) is 0.529. The van der Waals surface area contributed by atoms with Crippen LogP contribution in [0.5, 0.6) is 5.75 Å². The number of anilines is 1. The fraction of sp³-hybridized carbons (Fsp3) is 0.269. The van der Waals surface area contributed by atoms with Crippen LogP contribution in [-0.2, 0) is 10.0 Å². The SMILES string of the molecule is COc1ccc(S(=O)(=O)N2CC[C@@H]3[C@H](CO)Nc4ccc(-c5cccc(C#N)c5)cc4[C@@H]32)cc1. The van der Waals surface area contributed by atoms with Gasteiger partial charge in [-0.25, -0.2) is 8.42 Å². The van der Waals surface area contributed by atoms with Crippen LogP contribution in [0, 0.1) is 17.2 Å². The monoisotopic (exact) mass is 475 g/mol. The number of aliphatic hydroxyl groups excluding tert-OH is 1. The molecule has 174 valence electrons. The van der Waals surface area contributed by atoms with E-state index in [4.69, 9.17) is 4.74 Å². The molecule has 0 spiro atoms. The van der Waals surface area contributed by atoms with Crippen molar-refractivity contribution < 1.29 is 18.3 Å². The molecule has 3 aromatic rings. The van der Waals surface area contributed by atoms with Crippen LogP contribution in [0.15, 0.2) is 71.6 Å². The second-order valence-corrected chi connectivity index (χ2v) is 10.5. The first-order valence-corrected chi connectivity index (χ1v) is 12.6. The van der Waals surface area contributed by atoms with Crippen LogP contribution in [0.1, 0.15) is 23.6 Å². The first-order valence-electron chi connectivity index (χ1n) is 11.1. The lowest BCUT2D eigenvalue weighted by atomic mass is 9.82. The van der Waals surface area contributed by atoms with Crippen LogP contribution in [0.25, 0.3) is 11.1 Å². The average Bonchev–Trinajstić information content (AvgIpc) is 3.34. The molecule has 1 fully saturated rings. The Hall–Kier alpha value is -3.38. The van der Waals surface area contributed by atoms with E-state index in [1.807, 2.05) is 36.4 Å². The largest absolute Gasteiger partial charge is 0.497 e. The molecular formula is C26H25N3O4S. The van der Waals surface area contributed by atoms with Crippen LogP contribution < -0.4 is 10.1 Å². The van der Waals surface area contributed by atoms with Crippen molar-refractivity contribution in [3.05, 3.63) is 77.9 Å². The lowest BCUT2D eigenvalue weighted by Crippen LogP contribution is -2.42. The van der Waals surface area contributed by atoms with Gasteiger partial charge < -0.3 is 15.2 Å². The number of hydrogen-bond acceptors (Lipinski definition) is 6. The van der Waals surface area contributed by atoms with E-state index in [-0.39, 0.29) is 23.5 Å². The quantitative estimate of drug-likeness (QED) is 0.582. The minimum absolute atomic E-state index is 0.0637. The Bertz CT molecular complexity index is 1370. The van der Waals surface area contributed by atoms with Gasteiger partial charge in [-0.15, -0.1) is 0 Å². The molecule has 0 amide bonds. The molecule has 0 saturated carbocycles. The Morgan fingerprint density at radius 1 is 1.12 bits per heavy atom.